The Morgan fingerprint density at radius 2 is 2.11 bits per heavy atom. The summed E-state index contributed by atoms with van der Waals surface area (Å²) in [6.45, 7) is 6.43. The van der Waals surface area contributed by atoms with Gasteiger partial charge in [0.05, 0.1) is 13.2 Å². The summed E-state index contributed by atoms with van der Waals surface area (Å²) in [7, 11) is 1.48. The van der Waals surface area contributed by atoms with E-state index in [2.05, 4.69) is 5.32 Å². The summed E-state index contributed by atoms with van der Waals surface area (Å²) in [4.78, 5) is 25.1. The fourth-order valence-corrected chi connectivity index (χ4v) is 1.56. The lowest BCUT2D eigenvalue weighted by Gasteiger charge is -2.33. The molecule has 1 N–H and O–H groups in total. The summed E-state index contributed by atoms with van der Waals surface area (Å²) in [5.74, 6) is -0.296. The van der Waals surface area contributed by atoms with Crippen molar-refractivity contribution >= 4 is 12.0 Å². The molecule has 1 unspecified atom stereocenters. The van der Waals surface area contributed by atoms with Crippen molar-refractivity contribution in [3.63, 3.8) is 0 Å². The number of methoxy groups -OCH3 is 1. The van der Waals surface area contributed by atoms with Crippen molar-refractivity contribution in [2.24, 2.45) is 0 Å². The van der Waals surface area contributed by atoms with Crippen molar-refractivity contribution in [1.29, 1.82) is 0 Å². The first-order valence-corrected chi connectivity index (χ1v) is 6.19. The Labute approximate surface area is 113 Å². The summed E-state index contributed by atoms with van der Waals surface area (Å²) in [6.07, 6.45) is -1.11. The molecule has 0 aromatic carbocycles. The highest BCUT2D eigenvalue weighted by atomic mass is 16.6. The molecule has 1 heterocycles. The Bertz CT molecular complexity index is 327. The van der Waals surface area contributed by atoms with Crippen LogP contribution in [0.15, 0.2) is 0 Å². The van der Waals surface area contributed by atoms with Crippen LogP contribution in [0.2, 0.25) is 0 Å². The number of amides is 2. The van der Waals surface area contributed by atoms with E-state index >= 15 is 0 Å². The van der Waals surface area contributed by atoms with Gasteiger partial charge in [0, 0.05) is 13.7 Å². The minimum Gasteiger partial charge on any atom is -0.444 e. The first-order valence-electron chi connectivity index (χ1n) is 6.19. The van der Waals surface area contributed by atoms with E-state index in [0.29, 0.717) is 13.2 Å². The van der Waals surface area contributed by atoms with Gasteiger partial charge < -0.3 is 24.4 Å². The van der Waals surface area contributed by atoms with Gasteiger partial charge in [-0.25, -0.2) is 4.79 Å². The Kier molecular flexibility index (Phi) is 5.56. The summed E-state index contributed by atoms with van der Waals surface area (Å²) >= 11 is 0. The molecule has 1 saturated heterocycles. The minimum absolute atomic E-state index is 0.116. The monoisotopic (exact) mass is 274 g/mol. The van der Waals surface area contributed by atoms with Gasteiger partial charge in [-0.2, -0.15) is 0 Å². The molecule has 0 aromatic heterocycles. The van der Waals surface area contributed by atoms with Crippen molar-refractivity contribution in [1.82, 2.24) is 10.2 Å². The molecule has 1 aliphatic heterocycles. The zero-order valence-corrected chi connectivity index (χ0v) is 11.9. The fourth-order valence-electron chi connectivity index (χ4n) is 1.56. The first kappa shape index (κ1) is 15.7. The Morgan fingerprint density at radius 3 is 2.68 bits per heavy atom. The molecule has 1 fully saturated rings. The number of ether oxygens (including phenoxy) is 3. The lowest BCUT2D eigenvalue weighted by atomic mass is 10.2. The number of carbonyl (C=O) groups excluding carboxylic acids is 2. The number of carbonyl (C=O) groups is 2. The van der Waals surface area contributed by atoms with Crippen LogP contribution in [0.3, 0.4) is 0 Å². The Hall–Kier alpha value is -1.34. The van der Waals surface area contributed by atoms with Gasteiger partial charge >= 0.3 is 6.09 Å². The highest BCUT2D eigenvalue weighted by molar-refractivity contribution is 5.81. The fraction of sp³-hybridized carbons (Fsp3) is 0.833. The molecule has 1 atom stereocenters. The zero-order valence-electron chi connectivity index (χ0n) is 11.9. The molecule has 1 aliphatic rings. The number of morpholine rings is 1. The topological polar surface area (TPSA) is 77.1 Å². The van der Waals surface area contributed by atoms with Crippen LogP contribution < -0.4 is 5.32 Å². The molecule has 7 heteroatoms. The van der Waals surface area contributed by atoms with Gasteiger partial charge in [0.25, 0.3) is 5.91 Å². The predicted octanol–water partition coefficient (Wildman–Crippen LogP) is 0.342. The average molecular weight is 274 g/mol. The molecule has 0 saturated carbocycles. The van der Waals surface area contributed by atoms with Gasteiger partial charge in [0.1, 0.15) is 12.3 Å². The van der Waals surface area contributed by atoms with E-state index < -0.39 is 17.8 Å². The van der Waals surface area contributed by atoms with E-state index in [-0.39, 0.29) is 19.2 Å². The lowest BCUT2D eigenvalue weighted by molar-refractivity contribution is -0.139. The maximum atomic E-state index is 11.9. The largest absolute Gasteiger partial charge is 0.444 e. The van der Waals surface area contributed by atoms with Crippen LogP contribution in [0.5, 0.6) is 0 Å². The molecule has 7 nitrogen and oxygen atoms in total. The third-order valence-electron chi connectivity index (χ3n) is 2.40. The lowest BCUT2D eigenvalue weighted by Crippen LogP contribution is -2.52. The van der Waals surface area contributed by atoms with Crippen LogP contribution in [-0.4, -0.2) is 62.1 Å². The third kappa shape index (κ3) is 5.44. The molecule has 110 valence electrons. The highest BCUT2D eigenvalue weighted by Gasteiger charge is 2.31. The van der Waals surface area contributed by atoms with Crippen molar-refractivity contribution in [3.8, 4) is 0 Å². The van der Waals surface area contributed by atoms with Crippen LogP contribution in [0, 0.1) is 0 Å². The Balaban J connectivity index is 2.50. The van der Waals surface area contributed by atoms with Crippen molar-refractivity contribution in [2.45, 2.75) is 32.5 Å². The van der Waals surface area contributed by atoms with E-state index in [4.69, 9.17) is 14.2 Å². The van der Waals surface area contributed by atoms with Gasteiger partial charge in [-0.1, -0.05) is 0 Å². The summed E-state index contributed by atoms with van der Waals surface area (Å²) in [6, 6.07) is 0. The molecule has 0 radical (unpaired) electrons. The van der Waals surface area contributed by atoms with Gasteiger partial charge in [0.2, 0.25) is 0 Å². The van der Waals surface area contributed by atoms with Crippen molar-refractivity contribution in [3.05, 3.63) is 0 Å². The molecule has 0 aliphatic carbocycles. The maximum Gasteiger partial charge on any atom is 0.410 e. The van der Waals surface area contributed by atoms with Crippen LogP contribution in [0.4, 0.5) is 4.79 Å². The molecule has 0 aromatic rings. The van der Waals surface area contributed by atoms with Crippen molar-refractivity contribution in [2.75, 3.05) is 33.5 Å². The summed E-state index contributed by atoms with van der Waals surface area (Å²) < 4.78 is 15.3. The second-order valence-electron chi connectivity index (χ2n) is 5.26. The second-order valence-corrected chi connectivity index (χ2v) is 5.26. The van der Waals surface area contributed by atoms with E-state index in [1.807, 2.05) is 0 Å². The predicted molar refractivity (Wildman–Crippen MR) is 67.6 cm³/mol. The second kappa shape index (κ2) is 6.72. The maximum absolute atomic E-state index is 11.9. The third-order valence-corrected chi connectivity index (χ3v) is 2.40. The van der Waals surface area contributed by atoms with Gasteiger partial charge in [0.15, 0.2) is 6.10 Å². The quantitative estimate of drug-likeness (QED) is 0.751. The van der Waals surface area contributed by atoms with Gasteiger partial charge in [-0.05, 0) is 20.8 Å². The van der Waals surface area contributed by atoms with Crippen LogP contribution in [-0.2, 0) is 19.0 Å². The number of rotatable bonds is 3. The van der Waals surface area contributed by atoms with E-state index in [0.717, 1.165) is 0 Å². The first-order chi connectivity index (χ1) is 8.83. The van der Waals surface area contributed by atoms with Crippen molar-refractivity contribution < 1.29 is 23.8 Å². The van der Waals surface area contributed by atoms with Crippen LogP contribution >= 0.6 is 0 Å². The molecule has 2 amide bonds. The Morgan fingerprint density at radius 1 is 1.42 bits per heavy atom. The molecule has 1 rings (SSSR count). The number of hydrogen-bond acceptors (Lipinski definition) is 5. The van der Waals surface area contributed by atoms with E-state index in [1.165, 1.54) is 12.0 Å². The van der Waals surface area contributed by atoms with E-state index in [1.54, 1.807) is 20.8 Å². The molecular formula is C12H22N2O5. The standard InChI is InChI=1S/C12H22N2O5/c1-12(2,3)19-11(16)14-5-6-18-9(7-14)10(15)13-8-17-4/h9H,5-8H2,1-4H3,(H,13,15). The molecule has 0 bridgehead atoms. The van der Waals surface area contributed by atoms with Crippen LogP contribution in [0.25, 0.3) is 0 Å². The van der Waals surface area contributed by atoms with Crippen LogP contribution in [0.1, 0.15) is 20.8 Å². The number of nitrogens with zero attached hydrogens (tertiary/aromatic N) is 1. The van der Waals surface area contributed by atoms with Gasteiger partial charge in [-0.3, -0.25) is 4.79 Å². The minimum atomic E-state index is -0.684. The zero-order chi connectivity index (χ0) is 14.5. The molecule has 19 heavy (non-hydrogen) atoms. The smallest absolute Gasteiger partial charge is 0.410 e. The number of nitrogens with one attached hydrogen (secondary N) is 1. The highest BCUT2D eigenvalue weighted by Crippen LogP contribution is 2.13. The van der Waals surface area contributed by atoms with E-state index in [9.17, 15) is 9.59 Å². The summed E-state index contributed by atoms with van der Waals surface area (Å²) in [5, 5.41) is 2.54. The SMILES string of the molecule is COCNC(=O)C1CN(C(=O)OC(C)(C)C)CCO1. The molecular weight excluding hydrogens is 252 g/mol. The average Bonchev–Trinajstić information content (AvgIpc) is 2.34. The summed E-state index contributed by atoms with van der Waals surface area (Å²) in [5.41, 5.74) is -0.552. The normalized spacial score (nSPS) is 20.0. The van der Waals surface area contributed by atoms with Gasteiger partial charge in [-0.15, -0.1) is 0 Å². The molecule has 0 spiro atoms. The number of hydrogen-bond donors (Lipinski definition) is 1.